The Hall–Kier alpha value is -2.24. The molecular weight excluding hydrogens is 375 g/mol. The Kier molecular flexibility index (Phi) is 7.51. The molecule has 0 fully saturated rings. The zero-order chi connectivity index (χ0) is 19.9. The Morgan fingerprint density at radius 2 is 1.89 bits per heavy atom. The minimum absolute atomic E-state index is 0.265. The van der Waals surface area contributed by atoms with Crippen LogP contribution in [0.3, 0.4) is 0 Å². The maximum absolute atomic E-state index is 12.3. The number of halogens is 3. The molecule has 0 saturated heterocycles. The summed E-state index contributed by atoms with van der Waals surface area (Å²) in [7, 11) is 0. The lowest BCUT2D eigenvalue weighted by molar-refractivity contribution is -0.274. The van der Waals surface area contributed by atoms with Gasteiger partial charge in [-0.3, -0.25) is 0 Å². The van der Waals surface area contributed by atoms with Crippen LogP contribution in [0.4, 0.5) is 13.2 Å². The first-order valence-corrected chi connectivity index (χ1v) is 9.29. The highest BCUT2D eigenvalue weighted by Crippen LogP contribution is 2.31. The predicted octanol–water partition coefficient (Wildman–Crippen LogP) is 4.58. The Balaban J connectivity index is 2.37. The number of ether oxygens (including phenoxy) is 1. The molecule has 1 N–H and O–H groups in total. The minimum atomic E-state index is -4.71. The van der Waals surface area contributed by atoms with Crippen molar-refractivity contribution in [3.05, 3.63) is 35.7 Å². The topological polar surface area (TPSA) is 47.0 Å². The molecule has 0 radical (unpaired) electrons. The summed E-state index contributed by atoms with van der Waals surface area (Å²) in [4.78, 5) is 9.17. The van der Waals surface area contributed by atoms with E-state index in [1.54, 1.807) is 19.1 Å². The van der Waals surface area contributed by atoms with E-state index in [0.29, 0.717) is 29.4 Å². The molecule has 27 heavy (non-hydrogen) atoms. The van der Waals surface area contributed by atoms with Gasteiger partial charge in [0.2, 0.25) is 0 Å². The zero-order valence-corrected chi connectivity index (χ0v) is 16.1. The second-order valence-electron chi connectivity index (χ2n) is 5.49. The SMILES string of the molecule is CC#CCSc1nc(CNCC)nc(-c2ccc(OC(F)(F)F)cc2)c1C. The van der Waals surface area contributed by atoms with Gasteiger partial charge < -0.3 is 10.1 Å². The van der Waals surface area contributed by atoms with Gasteiger partial charge in [-0.25, -0.2) is 9.97 Å². The van der Waals surface area contributed by atoms with Crippen LogP contribution >= 0.6 is 11.8 Å². The van der Waals surface area contributed by atoms with E-state index >= 15 is 0 Å². The first-order valence-electron chi connectivity index (χ1n) is 8.31. The third-order valence-electron chi connectivity index (χ3n) is 3.50. The van der Waals surface area contributed by atoms with Crippen molar-refractivity contribution in [2.75, 3.05) is 12.3 Å². The predicted molar refractivity (Wildman–Crippen MR) is 100 cm³/mol. The van der Waals surface area contributed by atoms with Gasteiger partial charge in [-0.15, -0.1) is 19.1 Å². The van der Waals surface area contributed by atoms with Gasteiger partial charge in [0.15, 0.2) is 0 Å². The molecule has 0 atom stereocenters. The molecule has 0 spiro atoms. The quantitative estimate of drug-likeness (QED) is 0.423. The van der Waals surface area contributed by atoms with Crippen LogP contribution in [0.2, 0.25) is 0 Å². The van der Waals surface area contributed by atoms with Crippen LogP contribution in [0.1, 0.15) is 25.2 Å². The molecule has 0 unspecified atom stereocenters. The normalized spacial score (nSPS) is 11.0. The Bertz CT molecular complexity index is 827. The van der Waals surface area contributed by atoms with Crippen molar-refractivity contribution >= 4 is 11.8 Å². The smallest absolute Gasteiger partial charge is 0.406 e. The Morgan fingerprint density at radius 1 is 1.19 bits per heavy atom. The first-order chi connectivity index (χ1) is 12.8. The van der Waals surface area contributed by atoms with Crippen LogP contribution in [-0.2, 0) is 6.54 Å². The summed E-state index contributed by atoms with van der Waals surface area (Å²) in [6.45, 7) is 6.95. The average molecular weight is 395 g/mol. The molecule has 2 rings (SSSR count). The van der Waals surface area contributed by atoms with Gasteiger partial charge in [0, 0.05) is 11.1 Å². The second-order valence-corrected chi connectivity index (χ2v) is 6.45. The van der Waals surface area contributed by atoms with E-state index in [1.165, 1.54) is 23.9 Å². The molecule has 0 amide bonds. The van der Waals surface area contributed by atoms with E-state index in [2.05, 4.69) is 31.9 Å². The number of rotatable bonds is 7. The monoisotopic (exact) mass is 395 g/mol. The summed E-state index contributed by atoms with van der Waals surface area (Å²) >= 11 is 1.51. The van der Waals surface area contributed by atoms with Crippen LogP contribution in [0.15, 0.2) is 29.3 Å². The maximum Gasteiger partial charge on any atom is 0.573 e. The first kappa shape index (κ1) is 21.1. The van der Waals surface area contributed by atoms with Crippen LogP contribution in [-0.4, -0.2) is 28.6 Å². The van der Waals surface area contributed by atoms with Crippen molar-refractivity contribution < 1.29 is 17.9 Å². The standard InChI is InChI=1S/C19H20F3N3OS/c1-4-6-11-27-18-13(3)17(24-16(25-18)12-23-5-2)14-7-9-15(10-8-14)26-19(20,21)22/h7-10,23H,5,11-12H2,1-3H3. The van der Waals surface area contributed by atoms with Crippen LogP contribution in [0.25, 0.3) is 11.3 Å². The lowest BCUT2D eigenvalue weighted by atomic mass is 10.1. The molecule has 0 saturated carbocycles. The van der Waals surface area contributed by atoms with E-state index in [9.17, 15) is 13.2 Å². The lowest BCUT2D eigenvalue weighted by Crippen LogP contribution is -2.17. The van der Waals surface area contributed by atoms with Crippen molar-refractivity contribution in [1.29, 1.82) is 0 Å². The van der Waals surface area contributed by atoms with Crippen molar-refractivity contribution in [3.8, 4) is 28.8 Å². The van der Waals surface area contributed by atoms with Gasteiger partial charge >= 0.3 is 6.36 Å². The van der Waals surface area contributed by atoms with E-state index in [4.69, 9.17) is 0 Å². The highest BCUT2D eigenvalue weighted by molar-refractivity contribution is 7.99. The molecular formula is C19H20F3N3OS. The van der Waals surface area contributed by atoms with Crippen LogP contribution < -0.4 is 10.1 Å². The van der Waals surface area contributed by atoms with Gasteiger partial charge in [-0.2, -0.15) is 0 Å². The van der Waals surface area contributed by atoms with Gasteiger partial charge in [0.25, 0.3) is 0 Å². The molecule has 144 valence electrons. The number of hydrogen-bond donors (Lipinski definition) is 1. The summed E-state index contributed by atoms with van der Waals surface area (Å²) in [6.07, 6.45) is -4.71. The molecule has 4 nitrogen and oxygen atoms in total. The van der Waals surface area contributed by atoms with Crippen molar-refractivity contribution in [2.45, 2.75) is 38.7 Å². The van der Waals surface area contributed by atoms with Gasteiger partial charge in [0.05, 0.1) is 18.0 Å². The molecule has 2 aromatic rings. The number of benzene rings is 1. The minimum Gasteiger partial charge on any atom is -0.406 e. The fraction of sp³-hybridized carbons (Fsp3) is 0.368. The number of thioether (sulfide) groups is 1. The fourth-order valence-electron chi connectivity index (χ4n) is 2.27. The van der Waals surface area contributed by atoms with Gasteiger partial charge in [-0.05, 0) is 44.7 Å². The number of nitrogens with zero attached hydrogens (tertiary/aromatic N) is 2. The van der Waals surface area contributed by atoms with Crippen molar-refractivity contribution in [3.63, 3.8) is 0 Å². The van der Waals surface area contributed by atoms with Crippen LogP contribution in [0.5, 0.6) is 5.75 Å². The van der Waals surface area contributed by atoms with E-state index < -0.39 is 6.36 Å². The van der Waals surface area contributed by atoms with Gasteiger partial charge in [0.1, 0.15) is 16.6 Å². The second kappa shape index (κ2) is 9.62. The highest BCUT2D eigenvalue weighted by Gasteiger charge is 2.31. The van der Waals surface area contributed by atoms with E-state index in [-0.39, 0.29) is 5.75 Å². The lowest BCUT2D eigenvalue weighted by Gasteiger charge is -2.13. The molecule has 1 heterocycles. The van der Waals surface area contributed by atoms with Crippen molar-refractivity contribution in [2.24, 2.45) is 0 Å². The summed E-state index contributed by atoms with van der Waals surface area (Å²) in [6, 6.07) is 5.69. The summed E-state index contributed by atoms with van der Waals surface area (Å²) in [5.74, 6) is 6.80. The molecule has 8 heteroatoms. The van der Waals surface area contributed by atoms with Crippen molar-refractivity contribution in [1.82, 2.24) is 15.3 Å². The maximum atomic E-state index is 12.3. The van der Waals surface area contributed by atoms with E-state index in [1.807, 2.05) is 13.8 Å². The fourth-order valence-corrected chi connectivity index (χ4v) is 3.11. The van der Waals surface area contributed by atoms with Crippen LogP contribution in [0, 0.1) is 18.8 Å². The van der Waals surface area contributed by atoms with Gasteiger partial charge in [-0.1, -0.05) is 24.6 Å². The summed E-state index contributed by atoms with van der Waals surface area (Å²) in [5.41, 5.74) is 2.25. The Labute approximate surface area is 160 Å². The number of aromatic nitrogens is 2. The average Bonchev–Trinajstić information content (AvgIpc) is 2.61. The summed E-state index contributed by atoms with van der Waals surface area (Å²) < 4.78 is 40.9. The number of nitrogens with one attached hydrogen (secondary N) is 1. The molecule has 0 aliphatic heterocycles. The third-order valence-corrected chi connectivity index (χ3v) is 4.46. The van der Waals surface area contributed by atoms with E-state index in [0.717, 1.165) is 17.1 Å². The zero-order valence-electron chi connectivity index (χ0n) is 15.3. The molecule has 0 bridgehead atoms. The number of alkyl halides is 3. The summed E-state index contributed by atoms with van der Waals surface area (Å²) in [5, 5.41) is 4.00. The molecule has 1 aromatic carbocycles. The highest BCUT2D eigenvalue weighted by atomic mass is 32.2. The Morgan fingerprint density at radius 3 is 2.48 bits per heavy atom. The number of hydrogen-bond acceptors (Lipinski definition) is 5. The third kappa shape index (κ3) is 6.45. The molecule has 0 aliphatic rings. The largest absolute Gasteiger partial charge is 0.573 e. The molecule has 1 aromatic heterocycles. The molecule has 0 aliphatic carbocycles.